The van der Waals surface area contributed by atoms with Gasteiger partial charge in [-0.15, -0.1) is 0 Å². The van der Waals surface area contributed by atoms with Crippen molar-refractivity contribution in [2.75, 3.05) is 0 Å². The van der Waals surface area contributed by atoms with Crippen LogP contribution in [0.25, 0.3) is 22.6 Å². The van der Waals surface area contributed by atoms with E-state index in [1.165, 1.54) is 0 Å². The lowest BCUT2D eigenvalue weighted by atomic mass is 10.1. The van der Waals surface area contributed by atoms with Gasteiger partial charge in [-0.3, -0.25) is 4.98 Å². The topological polar surface area (TPSA) is 62.5 Å². The third-order valence-electron chi connectivity index (χ3n) is 3.12. The number of hydrogen-bond acceptors (Lipinski definition) is 4. The monoisotopic (exact) mass is 306 g/mol. The van der Waals surface area contributed by atoms with Crippen LogP contribution in [0.1, 0.15) is 5.69 Å². The number of hydrogen-bond donors (Lipinski definition) is 0. The van der Waals surface area contributed by atoms with Gasteiger partial charge < -0.3 is 0 Å². The minimum absolute atomic E-state index is 0.237. The van der Waals surface area contributed by atoms with Crippen LogP contribution in [0.4, 0.5) is 0 Å². The second-order valence-corrected chi connectivity index (χ2v) is 5.08. The molecule has 0 saturated heterocycles. The summed E-state index contributed by atoms with van der Waals surface area (Å²) in [4.78, 5) is 13.0. The predicted molar refractivity (Wildman–Crippen MR) is 85.0 cm³/mol. The van der Waals surface area contributed by atoms with Crippen molar-refractivity contribution in [3.63, 3.8) is 0 Å². The van der Waals surface area contributed by atoms with E-state index in [2.05, 4.69) is 21.0 Å². The SMILES string of the molecule is N#CCc1cc(-c2ccc(Cl)cc2)nc(-c2ccncc2)n1. The molecule has 0 bridgehead atoms. The fourth-order valence-corrected chi connectivity index (χ4v) is 2.19. The molecule has 0 saturated carbocycles. The molecular formula is C17H11ClN4. The molecular weight excluding hydrogens is 296 g/mol. The van der Waals surface area contributed by atoms with Crippen LogP contribution in [0.5, 0.6) is 0 Å². The van der Waals surface area contributed by atoms with Gasteiger partial charge in [-0.1, -0.05) is 23.7 Å². The summed E-state index contributed by atoms with van der Waals surface area (Å²) in [5.74, 6) is 0.583. The van der Waals surface area contributed by atoms with Crippen molar-refractivity contribution in [3.8, 4) is 28.7 Å². The molecule has 3 rings (SSSR count). The van der Waals surface area contributed by atoms with Crippen molar-refractivity contribution < 1.29 is 0 Å². The zero-order valence-corrected chi connectivity index (χ0v) is 12.3. The van der Waals surface area contributed by atoms with E-state index in [1.807, 2.05) is 42.5 Å². The van der Waals surface area contributed by atoms with Crippen molar-refractivity contribution in [3.05, 3.63) is 65.6 Å². The number of nitrogens with zero attached hydrogens (tertiary/aromatic N) is 4. The Morgan fingerprint density at radius 1 is 0.955 bits per heavy atom. The van der Waals surface area contributed by atoms with Gasteiger partial charge in [0.05, 0.1) is 23.9 Å². The van der Waals surface area contributed by atoms with Gasteiger partial charge in [-0.05, 0) is 30.3 Å². The molecule has 0 unspecified atom stereocenters. The number of aromatic nitrogens is 3. The van der Waals surface area contributed by atoms with Crippen molar-refractivity contribution in [1.82, 2.24) is 15.0 Å². The van der Waals surface area contributed by atoms with E-state index in [0.29, 0.717) is 16.5 Å². The molecule has 2 heterocycles. The predicted octanol–water partition coefficient (Wildman–Crippen LogP) is 3.93. The highest BCUT2D eigenvalue weighted by molar-refractivity contribution is 6.30. The van der Waals surface area contributed by atoms with Crippen LogP contribution in [0.15, 0.2) is 54.9 Å². The molecule has 0 fully saturated rings. The first-order chi connectivity index (χ1) is 10.8. The summed E-state index contributed by atoms with van der Waals surface area (Å²) in [5, 5.41) is 9.61. The Morgan fingerprint density at radius 3 is 2.36 bits per heavy atom. The molecule has 0 amide bonds. The first-order valence-electron chi connectivity index (χ1n) is 6.67. The Hall–Kier alpha value is -2.77. The molecule has 0 N–H and O–H groups in total. The van der Waals surface area contributed by atoms with Gasteiger partial charge in [-0.25, -0.2) is 9.97 Å². The third-order valence-corrected chi connectivity index (χ3v) is 3.37. The summed E-state index contributed by atoms with van der Waals surface area (Å²) in [7, 11) is 0. The Bertz CT molecular complexity index is 824. The number of halogens is 1. The van der Waals surface area contributed by atoms with Crippen molar-refractivity contribution >= 4 is 11.6 Å². The molecule has 0 spiro atoms. The molecule has 4 nitrogen and oxygen atoms in total. The average molecular weight is 307 g/mol. The van der Waals surface area contributed by atoms with Crippen LogP contribution in [0.2, 0.25) is 5.02 Å². The van der Waals surface area contributed by atoms with Crippen molar-refractivity contribution in [1.29, 1.82) is 5.26 Å². The van der Waals surface area contributed by atoms with Crippen LogP contribution in [-0.4, -0.2) is 15.0 Å². The van der Waals surface area contributed by atoms with Gasteiger partial charge in [-0.2, -0.15) is 5.26 Å². The van der Waals surface area contributed by atoms with E-state index in [0.717, 1.165) is 16.8 Å². The number of benzene rings is 1. The largest absolute Gasteiger partial charge is 0.265 e. The minimum Gasteiger partial charge on any atom is -0.265 e. The Kier molecular flexibility index (Phi) is 4.08. The lowest BCUT2D eigenvalue weighted by molar-refractivity contribution is 1.06. The van der Waals surface area contributed by atoms with Crippen LogP contribution in [0.3, 0.4) is 0 Å². The van der Waals surface area contributed by atoms with Crippen LogP contribution in [0, 0.1) is 11.3 Å². The molecule has 1 aromatic carbocycles. The standard InChI is InChI=1S/C17H11ClN4/c18-14-3-1-12(2-4-14)16-11-15(5-8-19)21-17(22-16)13-6-9-20-10-7-13/h1-4,6-7,9-11H,5H2. The Morgan fingerprint density at radius 2 is 1.68 bits per heavy atom. The highest BCUT2D eigenvalue weighted by Crippen LogP contribution is 2.23. The third kappa shape index (κ3) is 3.11. The van der Waals surface area contributed by atoms with Gasteiger partial charge in [0.2, 0.25) is 0 Å². The van der Waals surface area contributed by atoms with Crippen molar-refractivity contribution in [2.45, 2.75) is 6.42 Å². The van der Waals surface area contributed by atoms with Crippen molar-refractivity contribution in [2.24, 2.45) is 0 Å². The van der Waals surface area contributed by atoms with E-state index >= 15 is 0 Å². The molecule has 0 aliphatic carbocycles. The number of rotatable bonds is 3. The maximum absolute atomic E-state index is 8.94. The lowest BCUT2D eigenvalue weighted by Crippen LogP contribution is -1.98. The molecule has 2 aromatic heterocycles. The Balaban J connectivity index is 2.12. The van der Waals surface area contributed by atoms with E-state index < -0.39 is 0 Å². The smallest absolute Gasteiger partial charge is 0.160 e. The maximum atomic E-state index is 8.94. The minimum atomic E-state index is 0.237. The molecule has 0 atom stereocenters. The first kappa shape index (κ1) is 14.2. The first-order valence-corrected chi connectivity index (χ1v) is 7.05. The molecule has 5 heteroatoms. The normalized spacial score (nSPS) is 10.2. The van der Waals surface area contributed by atoms with E-state index in [-0.39, 0.29) is 6.42 Å². The van der Waals surface area contributed by atoms with Gasteiger partial charge >= 0.3 is 0 Å². The molecule has 0 radical (unpaired) electrons. The zero-order valence-electron chi connectivity index (χ0n) is 11.6. The van der Waals surface area contributed by atoms with E-state index in [9.17, 15) is 0 Å². The number of pyridine rings is 1. The van der Waals surface area contributed by atoms with Gasteiger partial charge in [0.15, 0.2) is 5.82 Å². The molecule has 0 aliphatic rings. The second-order valence-electron chi connectivity index (χ2n) is 4.65. The molecule has 22 heavy (non-hydrogen) atoms. The van der Waals surface area contributed by atoms with Crippen LogP contribution in [-0.2, 0) is 6.42 Å². The second kappa shape index (κ2) is 6.33. The Labute approximate surface area is 133 Å². The van der Waals surface area contributed by atoms with Gasteiger partial charge in [0.25, 0.3) is 0 Å². The highest BCUT2D eigenvalue weighted by atomic mass is 35.5. The maximum Gasteiger partial charge on any atom is 0.160 e. The van der Waals surface area contributed by atoms with Crippen LogP contribution < -0.4 is 0 Å². The summed E-state index contributed by atoms with van der Waals surface area (Å²) in [6, 6.07) is 15.1. The average Bonchev–Trinajstić information content (AvgIpc) is 2.56. The summed E-state index contributed by atoms with van der Waals surface area (Å²) >= 11 is 5.92. The zero-order chi connectivity index (χ0) is 15.4. The van der Waals surface area contributed by atoms with E-state index in [1.54, 1.807) is 12.4 Å². The lowest BCUT2D eigenvalue weighted by Gasteiger charge is -2.07. The number of nitriles is 1. The van der Waals surface area contributed by atoms with Crippen LogP contribution >= 0.6 is 11.6 Å². The fourth-order valence-electron chi connectivity index (χ4n) is 2.07. The quantitative estimate of drug-likeness (QED) is 0.735. The molecule has 0 aliphatic heterocycles. The van der Waals surface area contributed by atoms with Gasteiger partial charge in [0.1, 0.15) is 0 Å². The summed E-state index contributed by atoms with van der Waals surface area (Å²) in [6.45, 7) is 0. The fraction of sp³-hybridized carbons (Fsp3) is 0.0588. The molecule has 106 valence electrons. The summed E-state index contributed by atoms with van der Waals surface area (Å²) in [5.41, 5.74) is 3.25. The summed E-state index contributed by atoms with van der Waals surface area (Å²) < 4.78 is 0. The van der Waals surface area contributed by atoms with E-state index in [4.69, 9.17) is 16.9 Å². The summed E-state index contributed by atoms with van der Waals surface area (Å²) in [6.07, 6.45) is 3.62. The van der Waals surface area contributed by atoms with Gasteiger partial charge in [0, 0.05) is 28.5 Å². The highest BCUT2D eigenvalue weighted by Gasteiger charge is 2.08. The molecule has 3 aromatic rings.